The lowest BCUT2D eigenvalue weighted by atomic mass is 10.1. The quantitative estimate of drug-likeness (QED) is 0.450. The third-order valence-corrected chi connectivity index (χ3v) is 6.71. The van der Waals surface area contributed by atoms with Crippen LogP contribution in [-0.2, 0) is 25.7 Å². The average Bonchev–Trinajstić information content (AvgIpc) is 3.19. The second-order valence-electron chi connectivity index (χ2n) is 9.27. The first-order chi connectivity index (χ1) is 18.9. The number of para-hydroxylation sites is 1. The SMILES string of the molecule is O=C(CN(Cc1ccccc1F)C(=O)CN1C(=O)C(=O)c2ccccc21)Nc1ccc(N2CCOCC2)cc1. The molecule has 200 valence electrons. The summed E-state index contributed by atoms with van der Waals surface area (Å²) < 4.78 is 19.8. The molecule has 0 unspecified atom stereocenters. The fourth-order valence-electron chi connectivity index (χ4n) is 4.66. The molecule has 1 saturated heterocycles. The third kappa shape index (κ3) is 5.80. The Morgan fingerprint density at radius 3 is 2.36 bits per heavy atom. The number of amides is 3. The molecule has 2 heterocycles. The maximum Gasteiger partial charge on any atom is 0.299 e. The second-order valence-corrected chi connectivity index (χ2v) is 9.27. The summed E-state index contributed by atoms with van der Waals surface area (Å²) in [5.74, 6) is -3.12. The smallest absolute Gasteiger partial charge is 0.299 e. The summed E-state index contributed by atoms with van der Waals surface area (Å²) in [4.78, 5) is 55.8. The van der Waals surface area contributed by atoms with E-state index in [2.05, 4.69) is 10.2 Å². The van der Waals surface area contributed by atoms with Gasteiger partial charge in [0.15, 0.2) is 0 Å². The third-order valence-electron chi connectivity index (χ3n) is 6.71. The van der Waals surface area contributed by atoms with Gasteiger partial charge in [0.1, 0.15) is 18.9 Å². The number of fused-ring (bicyclic) bond motifs is 1. The number of nitrogens with zero attached hydrogens (tertiary/aromatic N) is 3. The molecule has 2 aliphatic rings. The van der Waals surface area contributed by atoms with Crippen molar-refractivity contribution in [2.75, 3.05) is 54.5 Å². The Bertz CT molecular complexity index is 1400. The molecule has 5 rings (SSSR count). The van der Waals surface area contributed by atoms with Crippen molar-refractivity contribution in [2.45, 2.75) is 6.54 Å². The molecule has 0 aromatic heterocycles. The lowest BCUT2D eigenvalue weighted by Crippen LogP contribution is -2.45. The van der Waals surface area contributed by atoms with Crippen LogP contribution < -0.4 is 15.1 Å². The number of halogens is 1. The summed E-state index contributed by atoms with van der Waals surface area (Å²) in [6.45, 7) is 1.86. The number of carbonyl (C=O) groups excluding carboxylic acids is 4. The molecule has 0 spiro atoms. The Balaban J connectivity index is 1.30. The van der Waals surface area contributed by atoms with Crippen LogP contribution in [-0.4, -0.2) is 67.8 Å². The average molecular weight is 531 g/mol. The first-order valence-corrected chi connectivity index (χ1v) is 12.6. The van der Waals surface area contributed by atoms with Crippen LogP contribution in [0.2, 0.25) is 0 Å². The maximum absolute atomic E-state index is 14.4. The van der Waals surface area contributed by atoms with Crippen LogP contribution in [0, 0.1) is 5.82 Å². The predicted molar refractivity (Wildman–Crippen MR) is 143 cm³/mol. The number of carbonyl (C=O) groups is 4. The minimum Gasteiger partial charge on any atom is -0.378 e. The summed E-state index contributed by atoms with van der Waals surface area (Å²) in [5.41, 5.74) is 2.32. The van der Waals surface area contributed by atoms with Gasteiger partial charge in [0.05, 0.1) is 24.5 Å². The summed E-state index contributed by atoms with van der Waals surface area (Å²) in [7, 11) is 0. The van der Waals surface area contributed by atoms with E-state index in [-0.39, 0.29) is 24.2 Å². The van der Waals surface area contributed by atoms with E-state index in [0.717, 1.165) is 23.7 Å². The van der Waals surface area contributed by atoms with E-state index >= 15 is 0 Å². The first-order valence-electron chi connectivity index (χ1n) is 12.6. The number of Topliss-reactive ketones (excluding diaryl/α,β-unsaturated/α-hetero) is 1. The van der Waals surface area contributed by atoms with Crippen LogP contribution in [0.3, 0.4) is 0 Å². The molecule has 1 fully saturated rings. The molecule has 9 nitrogen and oxygen atoms in total. The summed E-state index contributed by atoms with van der Waals surface area (Å²) in [6.07, 6.45) is 0. The predicted octanol–water partition coefficient (Wildman–Crippen LogP) is 2.86. The van der Waals surface area contributed by atoms with E-state index in [1.54, 1.807) is 36.4 Å². The molecule has 3 aromatic carbocycles. The van der Waals surface area contributed by atoms with Crippen LogP contribution in [0.15, 0.2) is 72.8 Å². The standard InChI is InChI=1S/C29H27FN4O5/c30-24-7-3-1-5-20(24)17-33(27(36)19-34-25-8-4-2-6-23(25)28(37)29(34)38)18-26(35)31-21-9-11-22(12-10-21)32-13-15-39-16-14-32/h1-12H,13-19H2,(H,31,35). The monoisotopic (exact) mass is 530 g/mol. The van der Waals surface area contributed by atoms with Crippen LogP contribution in [0.4, 0.5) is 21.5 Å². The normalized spacial score (nSPS) is 14.8. The minimum absolute atomic E-state index is 0.188. The highest BCUT2D eigenvalue weighted by atomic mass is 19.1. The van der Waals surface area contributed by atoms with Crippen molar-refractivity contribution in [3.63, 3.8) is 0 Å². The topological polar surface area (TPSA) is 99.3 Å². The molecule has 3 amide bonds. The summed E-state index contributed by atoms with van der Waals surface area (Å²) in [6, 6.07) is 19.7. The van der Waals surface area contributed by atoms with Gasteiger partial charge in [0, 0.05) is 36.6 Å². The van der Waals surface area contributed by atoms with Crippen molar-refractivity contribution in [1.29, 1.82) is 0 Å². The van der Waals surface area contributed by atoms with E-state index in [1.165, 1.54) is 29.2 Å². The molecule has 0 atom stereocenters. The minimum atomic E-state index is -0.819. The Labute approximate surface area is 224 Å². The van der Waals surface area contributed by atoms with Crippen molar-refractivity contribution in [2.24, 2.45) is 0 Å². The van der Waals surface area contributed by atoms with Gasteiger partial charge in [-0.1, -0.05) is 30.3 Å². The Hall–Kier alpha value is -4.57. The summed E-state index contributed by atoms with van der Waals surface area (Å²) >= 11 is 0. The number of ether oxygens (including phenoxy) is 1. The van der Waals surface area contributed by atoms with Gasteiger partial charge >= 0.3 is 0 Å². The van der Waals surface area contributed by atoms with E-state index in [0.29, 0.717) is 24.6 Å². The number of nitrogens with one attached hydrogen (secondary N) is 1. The van der Waals surface area contributed by atoms with Crippen LogP contribution in [0.25, 0.3) is 0 Å². The Kier molecular flexibility index (Phi) is 7.64. The number of hydrogen-bond acceptors (Lipinski definition) is 6. The zero-order valence-corrected chi connectivity index (χ0v) is 21.1. The van der Waals surface area contributed by atoms with Crippen molar-refractivity contribution >= 4 is 40.6 Å². The van der Waals surface area contributed by atoms with E-state index < -0.39 is 35.9 Å². The first kappa shape index (κ1) is 26.1. The number of ketones is 1. The Morgan fingerprint density at radius 1 is 0.923 bits per heavy atom. The zero-order valence-electron chi connectivity index (χ0n) is 21.1. The lowest BCUT2D eigenvalue weighted by Gasteiger charge is -2.29. The van der Waals surface area contributed by atoms with E-state index in [9.17, 15) is 23.6 Å². The number of anilines is 3. The molecule has 10 heteroatoms. The van der Waals surface area contributed by atoms with Crippen molar-refractivity contribution in [1.82, 2.24) is 4.90 Å². The van der Waals surface area contributed by atoms with Crippen molar-refractivity contribution in [3.8, 4) is 0 Å². The van der Waals surface area contributed by atoms with Gasteiger partial charge in [-0.05, 0) is 42.5 Å². The number of hydrogen-bond donors (Lipinski definition) is 1. The van der Waals surface area contributed by atoms with Crippen LogP contribution in [0.5, 0.6) is 0 Å². The molecular weight excluding hydrogens is 503 g/mol. The van der Waals surface area contributed by atoms with Crippen molar-refractivity contribution in [3.05, 3.63) is 89.7 Å². The van der Waals surface area contributed by atoms with Gasteiger partial charge in [-0.25, -0.2) is 4.39 Å². The van der Waals surface area contributed by atoms with Crippen LogP contribution in [0.1, 0.15) is 15.9 Å². The molecule has 1 N–H and O–H groups in total. The number of morpholine rings is 1. The molecule has 0 saturated carbocycles. The molecular formula is C29H27FN4O5. The molecule has 39 heavy (non-hydrogen) atoms. The largest absolute Gasteiger partial charge is 0.378 e. The van der Waals surface area contributed by atoms with Gasteiger partial charge in [-0.15, -0.1) is 0 Å². The molecule has 0 aliphatic carbocycles. The number of benzene rings is 3. The van der Waals surface area contributed by atoms with Gasteiger partial charge in [-0.3, -0.25) is 24.1 Å². The zero-order chi connectivity index (χ0) is 27.4. The van der Waals surface area contributed by atoms with Gasteiger partial charge in [0.25, 0.3) is 11.7 Å². The van der Waals surface area contributed by atoms with Gasteiger partial charge in [-0.2, -0.15) is 0 Å². The fraction of sp³-hybridized carbons (Fsp3) is 0.241. The van der Waals surface area contributed by atoms with Crippen molar-refractivity contribution < 1.29 is 28.3 Å². The molecule has 0 radical (unpaired) electrons. The highest BCUT2D eigenvalue weighted by Crippen LogP contribution is 2.28. The second kappa shape index (κ2) is 11.4. The fourth-order valence-corrected chi connectivity index (χ4v) is 4.66. The van der Waals surface area contributed by atoms with E-state index in [1.807, 2.05) is 12.1 Å². The van der Waals surface area contributed by atoms with Crippen LogP contribution >= 0.6 is 0 Å². The Morgan fingerprint density at radius 2 is 1.62 bits per heavy atom. The summed E-state index contributed by atoms with van der Waals surface area (Å²) in [5, 5.41) is 2.78. The van der Waals surface area contributed by atoms with Gasteiger partial charge < -0.3 is 19.9 Å². The molecule has 0 bridgehead atoms. The highest BCUT2D eigenvalue weighted by Gasteiger charge is 2.37. The number of rotatable bonds is 8. The van der Waals surface area contributed by atoms with Gasteiger partial charge in [0.2, 0.25) is 11.8 Å². The lowest BCUT2D eigenvalue weighted by molar-refractivity contribution is -0.134. The van der Waals surface area contributed by atoms with E-state index in [4.69, 9.17) is 4.74 Å². The molecule has 3 aromatic rings. The highest BCUT2D eigenvalue weighted by molar-refractivity contribution is 6.52. The maximum atomic E-state index is 14.4. The molecule has 2 aliphatic heterocycles.